The first-order valence-electron chi connectivity index (χ1n) is 9.65. The Hall–Kier alpha value is -2.57. The first kappa shape index (κ1) is 19.2. The molecule has 1 aliphatic heterocycles. The molecule has 2 fully saturated rings. The second kappa shape index (κ2) is 8.41. The van der Waals surface area contributed by atoms with Crippen molar-refractivity contribution in [3.05, 3.63) is 18.2 Å². The molecular formula is C20H28N4O3. The van der Waals surface area contributed by atoms with Gasteiger partial charge in [0.25, 0.3) is 0 Å². The number of carbonyl (C=O) groups is 3. The Labute approximate surface area is 160 Å². The quantitative estimate of drug-likeness (QED) is 0.591. The van der Waals surface area contributed by atoms with Crippen molar-refractivity contribution in [2.24, 2.45) is 0 Å². The van der Waals surface area contributed by atoms with Gasteiger partial charge in [0.05, 0.1) is 17.1 Å². The zero-order valence-corrected chi connectivity index (χ0v) is 16.0. The molecule has 1 aromatic rings. The van der Waals surface area contributed by atoms with Gasteiger partial charge in [-0.1, -0.05) is 25.3 Å². The molecule has 0 bridgehead atoms. The molecule has 3 amide bonds. The Kier molecular flexibility index (Phi) is 5.98. The average molecular weight is 372 g/mol. The van der Waals surface area contributed by atoms with Crippen LogP contribution in [-0.2, 0) is 14.4 Å². The number of rotatable bonds is 6. The minimum atomic E-state index is -0.438. The van der Waals surface area contributed by atoms with E-state index in [1.54, 1.807) is 11.9 Å². The Morgan fingerprint density at radius 2 is 1.85 bits per heavy atom. The zero-order valence-electron chi connectivity index (χ0n) is 16.0. The number of anilines is 3. The first-order valence-corrected chi connectivity index (χ1v) is 9.65. The van der Waals surface area contributed by atoms with Gasteiger partial charge in [0, 0.05) is 26.6 Å². The number of amides is 3. The lowest BCUT2D eigenvalue weighted by Gasteiger charge is -2.35. The Morgan fingerprint density at radius 1 is 1.11 bits per heavy atom. The van der Waals surface area contributed by atoms with E-state index >= 15 is 0 Å². The summed E-state index contributed by atoms with van der Waals surface area (Å²) in [7, 11) is 3.55. The second-order valence-corrected chi connectivity index (χ2v) is 7.45. The molecule has 7 nitrogen and oxygen atoms in total. The molecular weight excluding hydrogens is 344 g/mol. The topological polar surface area (TPSA) is 81.8 Å². The molecule has 1 heterocycles. The average Bonchev–Trinajstić information content (AvgIpc) is 2.67. The van der Waals surface area contributed by atoms with Crippen LogP contribution in [0.3, 0.4) is 0 Å². The molecule has 2 N–H and O–H groups in total. The molecule has 2 aliphatic rings. The van der Waals surface area contributed by atoms with Gasteiger partial charge in [-0.25, -0.2) is 0 Å². The fourth-order valence-electron chi connectivity index (χ4n) is 4.04. The molecule has 1 aliphatic carbocycles. The minimum absolute atomic E-state index is 0.234. The van der Waals surface area contributed by atoms with Crippen molar-refractivity contribution < 1.29 is 14.4 Å². The standard InChI is InChI=1S/C20H28N4O3/c1-23(13-25)19-15(21-14-7-4-3-5-8-14)9-6-10-16(19)24(2)17-11-12-18(26)22-20(17)27/h6,9-10,13-14,17,21H,3-5,7-8,11-12H2,1-2H3,(H,22,26,27). The van der Waals surface area contributed by atoms with E-state index in [0.29, 0.717) is 18.9 Å². The van der Waals surface area contributed by atoms with Crippen molar-refractivity contribution in [1.29, 1.82) is 0 Å². The molecule has 3 rings (SSSR count). The van der Waals surface area contributed by atoms with E-state index in [9.17, 15) is 14.4 Å². The highest BCUT2D eigenvalue weighted by Gasteiger charge is 2.32. The van der Waals surface area contributed by atoms with E-state index in [4.69, 9.17) is 0 Å². The van der Waals surface area contributed by atoms with Crippen molar-refractivity contribution in [3.63, 3.8) is 0 Å². The van der Waals surface area contributed by atoms with Crippen molar-refractivity contribution in [2.75, 3.05) is 29.2 Å². The predicted octanol–water partition coefficient (Wildman–Crippen LogP) is 2.27. The second-order valence-electron chi connectivity index (χ2n) is 7.45. The van der Waals surface area contributed by atoms with Crippen LogP contribution in [0.15, 0.2) is 18.2 Å². The Morgan fingerprint density at radius 3 is 2.52 bits per heavy atom. The van der Waals surface area contributed by atoms with Gasteiger partial charge in [0.15, 0.2) is 0 Å². The lowest BCUT2D eigenvalue weighted by molar-refractivity contribution is -0.134. The van der Waals surface area contributed by atoms with Gasteiger partial charge in [-0.2, -0.15) is 0 Å². The summed E-state index contributed by atoms with van der Waals surface area (Å²) in [4.78, 5) is 38.7. The van der Waals surface area contributed by atoms with Gasteiger partial charge in [-0.05, 0) is 31.4 Å². The fraction of sp³-hybridized carbons (Fsp3) is 0.550. The molecule has 1 atom stereocenters. The van der Waals surface area contributed by atoms with E-state index in [1.165, 1.54) is 19.3 Å². The summed E-state index contributed by atoms with van der Waals surface area (Å²) in [5.41, 5.74) is 2.44. The third-order valence-corrected chi connectivity index (χ3v) is 5.55. The number of imide groups is 1. The Balaban J connectivity index is 1.91. The molecule has 1 saturated heterocycles. The molecule has 146 valence electrons. The molecule has 0 aromatic heterocycles. The van der Waals surface area contributed by atoms with Crippen molar-refractivity contribution in [2.45, 2.75) is 57.0 Å². The van der Waals surface area contributed by atoms with Crippen molar-refractivity contribution in [3.8, 4) is 0 Å². The molecule has 1 aromatic carbocycles. The highest BCUT2D eigenvalue weighted by molar-refractivity contribution is 6.02. The number of nitrogens with one attached hydrogen (secondary N) is 2. The number of hydrogen-bond donors (Lipinski definition) is 2. The normalized spacial score (nSPS) is 20.7. The van der Waals surface area contributed by atoms with E-state index < -0.39 is 6.04 Å². The third kappa shape index (κ3) is 4.23. The predicted molar refractivity (Wildman–Crippen MR) is 106 cm³/mol. The summed E-state index contributed by atoms with van der Waals surface area (Å²) in [5, 5.41) is 6.00. The zero-order chi connectivity index (χ0) is 19.4. The molecule has 27 heavy (non-hydrogen) atoms. The van der Waals surface area contributed by atoms with Crippen LogP contribution in [-0.4, -0.2) is 44.4 Å². The van der Waals surface area contributed by atoms with Crippen molar-refractivity contribution in [1.82, 2.24) is 5.32 Å². The van der Waals surface area contributed by atoms with Gasteiger partial charge < -0.3 is 15.1 Å². The molecule has 1 unspecified atom stereocenters. The summed E-state index contributed by atoms with van der Waals surface area (Å²) in [6.45, 7) is 0. The monoisotopic (exact) mass is 372 g/mol. The van der Waals surface area contributed by atoms with Gasteiger partial charge in [-0.3, -0.25) is 19.7 Å². The van der Waals surface area contributed by atoms with Crippen LogP contribution < -0.4 is 20.4 Å². The van der Waals surface area contributed by atoms with Crippen LogP contribution in [0.2, 0.25) is 0 Å². The van der Waals surface area contributed by atoms with Crippen LogP contribution >= 0.6 is 0 Å². The summed E-state index contributed by atoms with van der Waals surface area (Å²) in [5.74, 6) is -0.526. The van der Waals surface area contributed by atoms with Crippen LogP contribution in [0, 0.1) is 0 Å². The van der Waals surface area contributed by atoms with E-state index in [0.717, 1.165) is 36.3 Å². The minimum Gasteiger partial charge on any atom is -0.381 e. The van der Waals surface area contributed by atoms with Gasteiger partial charge in [-0.15, -0.1) is 0 Å². The van der Waals surface area contributed by atoms with E-state index in [1.807, 2.05) is 30.1 Å². The van der Waals surface area contributed by atoms with Gasteiger partial charge >= 0.3 is 0 Å². The van der Waals surface area contributed by atoms with Crippen LogP contribution in [0.1, 0.15) is 44.9 Å². The number of para-hydroxylation sites is 1. The number of hydrogen-bond acceptors (Lipinski definition) is 5. The maximum Gasteiger partial charge on any atom is 0.249 e. The van der Waals surface area contributed by atoms with Crippen LogP contribution in [0.5, 0.6) is 0 Å². The summed E-state index contributed by atoms with van der Waals surface area (Å²) >= 11 is 0. The largest absolute Gasteiger partial charge is 0.381 e. The number of benzene rings is 1. The fourth-order valence-corrected chi connectivity index (χ4v) is 4.04. The number of likely N-dealkylation sites (N-methyl/N-ethyl adjacent to an activating group) is 1. The highest BCUT2D eigenvalue weighted by Crippen LogP contribution is 2.38. The molecule has 1 saturated carbocycles. The maximum atomic E-state index is 12.3. The molecule has 0 radical (unpaired) electrons. The van der Waals surface area contributed by atoms with Crippen LogP contribution in [0.4, 0.5) is 17.1 Å². The Bertz CT molecular complexity index is 715. The van der Waals surface area contributed by atoms with E-state index in [-0.39, 0.29) is 11.8 Å². The first-order chi connectivity index (χ1) is 13.0. The third-order valence-electron chi connectivity index (χ3n) is 5.55. The smallest absolute Gasteiger partial charge is 0.249 e. The number of carbonyl (C=O) groups excluding carboxylic acids is 3. The lowest BCUT2D eigenvalue weighted by Crippen LogP contribution is -2.51. The summed E-state index contributed by atoms with van der Waals surface area (Å²) in [6, 6.07) is 5.78. The summed E-state index contributed by atoms with van der Waals surface area (Å²) in [6.07, 6.45) is 7.51. The van der Waals surface area contributed by atoms with Gasteiger partial charge in [0.2, 0.25) is 18.2 Å². The van der Waals surface area contributed by atoms with Gasteiger partial charge in [0.1, 0.15) is 6.04 Å². The van der Waals surface area contributed by atoms with E-state index in [2.05, 4.69) is 10.6 Å². The molecule has 0 spiro atoms. The number of nitrogens with zero attached hydrogens (tertiary/aromatic N) is 2. The van der Waals surface area contributed by atoms with Crippen LogP contribution in [0.25, 0.3) is 0 Å². The van der Waals surface area contributed by atoms with Crippen molar-refractivity contribution >= 4 is 35.3 Å². The lowest BCUT2D eigenvalue weighted by atomic mass is 9.95. The maximum absolute atomic E-state index is 12.3. The molecule has 7 heteroatoms. The SMILES string of the molecule is CN(C=O)c1c(NC2CCCCC2)cccc1N(C)C1CCC(=O)NC1=O. The highest BCUT2D eigenvalue weighted by atomic mass is 16.2. The number of piperidine rings is 1. The summed E-state index contributed by atoms with van der Waals surface area (Å²) < 4.78 is 0.